The number of amides is 2. The summed E-state index contributed by atoms with van der Waals surface area (Å²) in [6, 6.07) is 8.64. The molecule has 0 unspecified atom stereocenters. The highest BCUT2D eigenvalue weighted by atomic mass is 16.2. The van der Waals surface area contributed by atoms with E-state index >= 15 is 0 Å². The van der Waals surface area contributed by atoms with Crippen molar-refractivity contribution >= 4 is 23.3 Å². The van der Waals surface area contributed by atoms with Gasteiger partial charge in [-0.1, -0.05) is 39.0 Å². The van der Waals surface area contributed by atoms with Gasteiger partial charge in [0.05, 0.1) is 5.69 Å². The topological polar surface area (TPSA) is 73.8 Å². The highest BCUT2D eigenvalue weighted by molar-refractivity contribution is 6.39. The van der Waals surface area contributed by atoms with Crippen LogP contribution in [0.1, 0.15) is 34.1 Å². The zero-order valence-electron chi connectivity index (χ0n) is 14.0. The highest BCUT2D eigenvalue weighted by Gasteiger charge is 2.31. The van der Waals surface area contributed by atoms with Crippen molar-refractivity contribution in [2.24, 2.45) is 10.9 Å². The summed E-state index contributed by atoms with van der Waals surface area (Å²) in [5.74, 6) is 0.0203. The summed E-state index contributed by atoms with van der Waals surface area (Å²) in [6.45, 7) is 7.84. The normalized spacial score (nSPS) is 19.2. The van der Waals surface area contributed by atoms with Gasteiger partial charge in [0.1, 0.15) is 6.04 Å². The minimum absolute atomic E-state index is 0.0742. The zero-order valence-corrected chi connectivity index (χ0v) is 14.0. The fourth-order valence-electron chi connectivity index (χ4n) is 2.48. The fraction of sp³-hybridized carbons (Fsp3) is 0.471. The number of hydrazine groups is 1. The van der Waals surface area contributed by atoms with E-state index < -0.39 is 6.04 Å². The fourth-order valence-corrected chi connectivity index (χ4v) is 2.48. The molecule has 0 aliphatic carbocycles. The largest absolute Gasteiger partial charge is 0.346 e. The first kappa shape index (κ1) is 17.0. The molecule has 0 aromatic heterocycles. The lowest BCUT2D eigenvalue weighted by Crippen LogP contribution is -2.59. The van der Waals surface area contributed by atoms with Crippen LogP contribution in [0.5, 0.6) is 0 Å². The molecule has 2 N–H and O–H groups in total. The number of para-hydroxylation sites is 1. The molecular formula is C17H24N4O2. The lowest BCUT2D eigenvalue weighted by atomic mass is 10.0. The number of amidine groups is 1. The van der Waals surface area contributed by atoms with Gasteiger partial charge in [-0.15, -0.1) is 0 Å². The maximum atomic E-state index is 12.5. The second kappa shape index (κ2) is 7.26. The smallest absolute Gasteiger partial charge is 0.288 e. The molecule has 124 valence electrons. The first-order valence-electron chi connectivity index (χ1n) is 7.98. The molecule has 0 saturated carbocycles. The number of rotatable bonds is 5. The number of carbonyl (C=O) groups is 2. The molecule has 6 heteroatoms. The molecule has 2 rings (SSSR count). The van der Waals surface area contributed by atoms with Gasteiger partial charge in [0.25, 0.3) is 11.8 Å². The van der Waals surface area contributed by atoms with E-state index in [1.807, 2.05) is 25.1 Å². The molecular weight excluding hydrogens is 292 g/mol. The van der Waals surface area contributed by atoms with E-state index in [0.29, 0.717) is 11.6 Å². The third-order valence-corrected chi connectivity index (χ3v) is 3.91. The Balaban J connectivity index is 2.18. The van der Waals surface area contributed by atoms with Gasteiger partial charge in [0.15, 0.2) is 0 Å². The summed E-state index contributed by atoms with van der Waals surface area (Å²) >= 11 is 0. The van der Waals surface area contributed by atoms with Crippen molar-refractivity contribution in [3.05, 3.63) is 30.3 Å². The van der Waals surface area contributed by atoms with Crippen molar-refractivity contribution in [1.82, 2.24) is 10.7 Å². The molecule has 1 heterocycles. The monoisotopic (exact) mass is 316 g/mol. The van der Waals surface area contributed by atoms with E-state index in [-0.39, 0.29) is 23.7 Å². The number of nitrogens with one attached hydrogen (secondary N) is 2. The van der Waals surface area contributed by atoms with Crippen LogP contribution in [0.25, 0.3) is 0 Å². The predicted molar refractivity (Wildman–Crippen MR) is 91.0 cm³/mol. The second-order valence-electron chi connectivity index (χ2n) is 6.01. The average molecular weight is 316 g/mol. The molecule has 1 aliphatic heterocycles. The molecule has 1 aliphatic rings. The van der Waals surface area contributed by atoms with Crippen LogP contribution in [0.3, 0.4) is 0 Å². The number of aliphatic imine (C=N–C) groups is 1. The van der Waals surface area contributed by atoms with Crippen LogP contribution < -0.4 is 15.8 Å². The number of carbonyl (C=O) groups excluding carboxylic acids is 2. The van der Waals surface area contributed by atoms with Gasteiger partial charge in [0.2, 0.25) is 5.84 Å². The van der Waals surface area contributed by atoms with Crippen LogP contribution in [0, 0.1) is 5.92 Å². The van der Waals surface area contributed by atoms with Crippen LogP contribution in [0.4, 0.5) is 5.69 Å². The van der Waals surface area contributed by atoms with Gasteiger partial charge < -0.3 is 5.32 Å². The van der Waals surface area contributed by atoms with Crippen molar-refractivity contribution in [3.63, 3.8) is 0 Å². The average Bonchev–Trinajstić information content (AvgIpc) is 2.55. The Morgan fingerprint density at radius 2 is 2.00 bits per heavy atom. The van der Waals surface area contributed by atoms with Crippen LogP contribution in [0.15, 0.2) is 35.3 Å². The molecule has 23 heavy (non-hydrogen) atoms. The first-order valence-corrected chi connectivity index (χ1v) is 7.98. The number of anilines is 1. The maximum Gasteiger partial charge on any atom is 0.288 e. The molecule has 1 aromatic carbocycles. The summed E-state index contributed by atoms with van der Waals surface area (Å²) in [5.41, 5.74) is 3.52. The summed E-state index contributed by atoms with van der Waals surface area (Å²) in [4.78, 5) is 29.0. The second-order valence-corrected chi connectivity index (χ2v) is 6.01. The van der Waals surface area contributed by atoms with Gasteiger partial charge >= 0.3 is 0 Å². The Kier molecular flexibility index (Phi) is 5.36. The molecule has 1 aromatic rings. The number of benzene rings is 1. The Morgan fingerprint density at radius 3 is 2.57 bits per heavy atom. The minimum Gasteiger partial charge on any atom is -0.346 e. The van der Waals surface area contributed by atoms with Gasteiger partial charge in [-0.2, -0.15) is 0 Å². The highest BCUT2D eigenvalue weighted by Crippen LogP contribution is 2.16. The predicted octanol–water partition coefficient (Wildman–Crippen LogP) is 1.88. The zero-order chi connectivity index (χ0) is 17.0. The van der Waals surface area contributed by atoms with Gasteiger partial charge in [-0.25, -0.2) is 10.0 Å². The van der Waals surface area contributed by atoms with Crippen LogP contribution >= 0.6 is 0 Å². The van der Waals surface area contributed by atoms with Gasteiger partial charge in [-0.05, 0) is 31.4 Å². The molecule has 0 bridgehead atoms. The SMILES string of the molecule is CC[C@@H](NC(=O)C1=N[C@H](C)C(=O)N(c2ccccc2)N1)C(C)C. The Labute approximate surface area is 136 Å². The summed E-state index contributed by atoms with van der Waals surface area (Å²) in [5, 5.41) is 4.35. The molecule has 0 radical (unpaired) electrons. The molecule has 2 atom stereocenters. The molecule has 2 amide bonds. The Hall–Kier alpha value is -2.37. The molecule has 6 nitrogen and oxygen atoms in total. The van der Waals surface area contributed by atoms with Crippen molar-refractivity contribution in [2.45, 2.75) is 46.2 Å². The van der Waals surface area contributed by atoms with Crippen molar-refractivity contribution < 1.29 is 9.59 Å². The minimum atomic E-state index is -0.601. The first-order chi connectivity index (χ1) is 10.9. The van der Waals surface area contributed by atoms with E-state index in [0.717, 1.165) is 6.42 Å². The van der Waals surface area contributed by atoms with E-state index in [4.69, 9.17) is 0 Å². The number of hydrogen-bond donors (Lipinski definition) is 2. The van der Waals surface area contributed by atoms with Gasteiger partial charge in [0, 0.05) is 6.04 Å². The Bertz CT molecular complexity index is 598. The van der Waals surface area contributed by atoms with Crippen molar-refractivity contribution in [3.8, 4) is 0 Å². The summed E-state index contributed by atoms with van der Waals surface area (Å²) < 4.78 is 0. The quantitative estimate of drug-likeness (QED) is 0.871. The summed E-state index contributed by atoms with van der Waals surface area (Å²) in [7, 11) is 0. The van der Waals surface area contributed by atoms with Crippen LogP contribution in [0.2, 0.25) is 0 Å². The lowest BCUT2D eigenvalue weighted by Gasteiger charge is -2.31. The van der Waals surface area contributed by atoms with Crippen molar-refractivity contribution in [2.75, 3.05) is 5.01 Å². The maximum absolute atomic E-state index is 12.5. The number of nitrogens with zero attached hydrogens (tertiary/aromatic N) is 2. The molecule has 0 spiro atoms. The summed E-state index contributed by atoms with van der Waals surface area (Å²) in [6.07, 6.45) is 0.841. The third kappa shape index (κ3) is 3.88. The molecule has 0 saturated heterocycles. The Morgan fingerprint density at radius 1 is 1.35 bits per heavy atom. The van der Waals surface area contributed by atoms with E-state index in [1.165, 1.54) is 5.01 Å². The van der Waals surface area contributed by atoms with E-state index in [9.17, 15) is 9.59 Å². The standard InChI is InChI=1S/C17H24N4O2/c1-5-14(11(2)3)19-16(22)15-18-12(4)17(23)21(20-15)13-9-7-6-8-10-13/h6-12,14H,5H2,1-4H3,(H,18,20)(H,19,22)/t12-,14-/m1/s1. The van der Waals surface area contributed by atoms with Crippen molar-refractivity contribution in [1.29, 1.82) is 0 Å². The molecule has 0 fully saturated rings. The van der Waals surface area contributed by atoms with Gasteiger partial charge in [-0.3, -0.25) is 15.0 Å². The third-order valence-electron chi connectivity index (χ3n) is 3.91. The van der Waals surface area contributed by atoms with E-state index in [1.54, 1.807) is 19.1 Å². The van der Waals surface area contributed by atoms with Crippen LogP contribution in [-0.4, -0.2) is 29.7 Å². The van der Waals surface area contributed by atoms with E-state index in [2.05, 4.69) is 29.6 Å². The lowest BCUT2D eigenvalue weighted by molar-refractivity contribution is -0.120. The number of hydrogen-bond acceptors (Lipinski definition) is 4. The van der Waals surface area contributed by atoms with Crippen LogP contribution in [-0.2, 0) is 9.59 Å².